The fourth-order valence-corrected chi connectivity index (χ4v) is 2.14. The Morgan fingerprint density at radius 1 is 1.61 bits per heavy atom. The monoisotopic (exact) mass is 252 g/mol. The van der Waals surface area contributed by atoms with Crippen LogP contribution in [-0.4, -0.2) is 41.4 Å². The highest BCUT2D eigenvalue weighted by atomic mass is 16.5. The minimum Gasteiger partial charge on any atom is -0.373 e. The van der Waals surface area contributed by atoms with Crippen molar-refractivity contribution >= 4 is 5.82 Å². The van der Waals surface area contributed by atoms with Crippen LogP contribution < -0.4 is 16.2 Å². The molecule has 0 saturated carbocycles. The van der Waals surface area contributed by atoms with Gasteiger partial charge in [0.15, 0.2) is 5.82 Å². The van der Waals surface area contributed by atoms with Crippen molar-refractivity contribution in [3.63, 3.8) is 0 Å². The number of aryl methyl sites for hydroxylation is 1. The smallest absolute Gasteiger partial charge is 0.293 e. The summed E-state index contributed by atoms with van der Waals surface area (Å²) >= 11 is 0. The zero-order chi connectivity index (χ0) is 13.1. The summed E-state index contributed by atoms with van der Waals surface area (Å²) in [6.45, 7) is 6.26. The van der Waals surface area contributed by atoms with Gasteiger partial charge >= 0.3 is 0 Å². The molecule has 0 amide bonds. The van der Waals surface area contributed by atoms with Crippen LogP contribution in [0.25, 0.3) is 0 Å². The molecule has 2 rings (SSSR count). The molecule has 18 heavy (non-hydrogen) atoms. The standard InChI is InChI=1S/C12H20N4O2/c1-3-15-5-4-14-11(12(15)17)16-7-10(6-13)18-8-9(16)2/h4-5,9-10H,3,6-8,13H2,1-2H3. The highest BCUT2D eigenvalue weighted by Crippen LogP contribution is 2.15. The summed E-state index contributed by atoms with van der Waals surface area (Å²) in [5.41, 5.74) is 5.58. The summed E-state index contributed by atoms with van der Waals surface area (Å²) in [6, 6.07) is 0.140. The van der Waals surface area contributed by atoms with Gasteiger partial charge in [0.25, 0.3) is 5.56 Å². The van der Waals surface area contributed by atoms with E-state index in [0.29, 0.717) is 32.1 Å². The van der Waals surface area contributed by atoms with Gasteiger partial charge in [0.1, 0.15) is 0 Å². The molecular weight excluding hydrogens is 232 g/mol. The summed E-state index contributed by atoms with van der Waals surface area (Å²) < 4.78 is 7.24. The maximum atomic E-state index is 12.2. The van der Waals surface area contributed by atoms with E-state index in [0.717, 1.165) is 0 Å². The number of rotatable bonds is 3. The Hall–Kier alpha value is -1.40. The second-order valence-electron chi connectivity index (χ2n) is 4.53. The number of nitrogens with zero attached hydrogens (tertiary/aromatic N) is 3. The van der Waals surface area contributed by atoms with Gasteiger partial charge in [-0.05, 0) is 13.8 Å². The topological polar surface area (TPSA) is 73.4 Å². The molecule has 1 aromatic heterocycles. The molecule has 6 nitrogen and oxygen atoms in total. The second-order valence-corrected chi connectivity index (χ2v) is 4.53. The van der Waals surface area contributed by atoms with E-state index in [1.165, 1.54) is 0 Å². The van der Waals surface area contributed by atoms with E-state index in [1.807, 2.05) is 18.7 Å². The molecule has 1 fully saturated rings. The molecule has 2 heterocycles. The molecule has 2 N–H and O–H groups in total. The Bertz CT molecular complexity index is 460. The molecule has 100 valence electrons. The van der Waals surface area contributed by atoms with Crippen LogP contribution in [0, 0.1) is 0 Å². The number of hydrogen-bond acceptors (Lipinski definition) is 5. The van der Waals surface area contributed by atoms with Gasteiger partial charge in [-0.1, -0.05) is 0 Å². The summed E-state index contributed by atoms with van der Waals surface area (Å²) in [4.78, 5) is 18.4. The van der Waals surface area contributed by atoms with E-state index in [9.17, 15) is 4.79 Å². The van der Waals surface area contributed by atoms with Crippen molar-refractivity contribution in [2.75, 3.05) is 24.6 Å². The lowest BCUT2D eigenvalue weighted by atomic mass is 10.2. The minimum atomic E-state index is -0.0514. The van der Waals surface area contributed by atoms with Gasteiger partial charge in [0.2, 0.25) is 0 Å². The van der Waals surface area contributed by atoms with Crippen LogP contribution in [0.15, 0.2) is 17.2 Å². The number of morpholine rings is 1. The molecule has 0 aliphatic carbocycles. The second kappa shape index (κ2) is 5.49. The SMILES string of the molecule is CCn1ccnc(N2CC(CN)OCC2C)c1=O. The third-order valence-electron chi connectivity index (χ3n) is 3.28. The fraction of sp³-hybridized carbons (Fsp3) is 0.667. The van der Waals surface area contributed by atoms with E-state index in [1.54, 1.807) is 17.0 Å². The van der Waals surface area contributed by atoms with Crippen molar-refractivity contribution in [1.29, 1.82) is 0 Å². The maximum absolute atomic E-state index is 12.2. The van der Waals surface area contributed by atoms with Gasteiger partial charge in [0.05, 0.1) is 18.8 Å². The third-order valence-corrected chi connectivity index (χ3v) is 3.28. The molecule has 1 aliphatic rings. The first-order valence-corrected chi connectivity index (χ1v) is 6.31. The lowest BCUT2D eigenvalue weighted by Gasteiger charge is -2.38. The normalized spacial score (nSPS) is 24.3. The van der Waals surface area contributed by atoms with Crippen molar-refractivity contribution in [3.05, 3.63) is 22.7 Å². The first kappa shape index (κ1) is 13.0. The van der Waals surface area contributed by atoms with Crippen molar-refractivity contribution in [1.82, 2.24) is 9.55 Å². The Balaban J connectivity index is 2.32. The largest absolute Gasteiger partial charge is 0.373 e. The van der Waals surface area contributed by atoms with Crippen LogP contribution in [0.3, 0.4) is 0 Å². The van der Waals surface area contributed by atoms with Crippen LogP contribution in [-0.2, 0) is 11.3 Å². The summed E-state index contributed by atoms with van der Waals surface area (Å²) in [7, 11) is 0. The third kappa shape index (κ3) is 2.39. The van der Waals surface area contributed by atoms with Crippen LogP contribution >= 0.6 is 0 Å². The fourth-order valence-electron chi connectivity index (χ4n) is 2.14. The minimum absolute atomic E-state index is 0.0299. The van der Waals surface area contributed by atoms with Gasteiger partial charge < -0.3 is 19.9 Å². The number of nitrogens with two attached hydrogens (primary N) is 1. The summed E-state index contributed by atoms with van der Waals surface area (Å²) in [5, 5.41) is 0. The van der Waals surface area contributed by atoms with E-state index < -0.39 is 0 Å². The predicted molar refractivity (Wildman–Crippen MR) is 69.8 cm³/mol. The maximum Gasteiger partial charge on any atom is 0.293 e. The van der Waals surface area contributed by atoms with Crippen LogP contribution in [0.5, 0.6) is 0 Å². The number of aromatic nitrogens is 2. The zero-order valence-electron chi connectivity index (χ0n) is 10.9. The van der Waals surface area contributed by atoms with E-state index >= 15 is 0 Å². The first-order valence-electron chi connectivity index (χ1n) is 6.31. The van der Waals surface area contributed by atoms with Gasteiger partial charge in [0, 0.05) is 32.0 Å². The predicted octanol–water partition coefficient (Wildman–Crippen LogP) is -0.184. The zero-order valence-corrected chi connectivity index (χ0v) is 10.9. The van der Waals surface area contributed by atoms with Crippen molar-refractivity contribution < 1.29 is 4.74 Å². The van der Waals surface area contributed by atoms with Gasteiger partial charge in [-0.15, -0.1) is 0 Å². The molecule has 1 saturated heterocycles. The lowest BCUT2D eigenvalue weighted by molar-refractivity contribution is 0.0278. The van der Waals surface area contributed by atoms with Crippen molar-refractivity contribution in [2.24, 2.45) is 5.73 Å². The quantitative estimate of drug-likeness (QED) is 0.807. The van der Waals surface area contributed by atoms with Gasteiger partial charge in [-0.2, -0.15) is 0 Å². The van der Waals surface area contributed by atoms with Crippen LogP contribution in [0.4, 0.5) is 5.82 Å². The van der Waals surface area contributed by atoms with Crippen LogP contribution in [0.1, 0.15) is 13.8 Å². The van der Waals surface area contributed by atoms with E-state index in [-0.39, 0.29) is 17.7 Å². The van der Waals surface area contributed by atoms with E-state index in [4.69, 9.17) is 10.5 Å². The number of ether oxygens (including phenoxy) is 1. The number of hydrogen-bond donors (Lipinski definition) is 1. The summed E-state index contributed by atoms with van der Waals surface area (Å²) in [5.74, 6) is 0.494. The molecule has 2 atom stereocenters. The number of anilines is 1. The average molecular weight is 252 g/mol. The molecular formula is C12H20N4O2. The first-order chi connectivity index (χ1) is 8.67. The molecule has 0 radical (unpaired) electrons. The Labute approximate surface area is 106 Å². The average Bonchev–Trinajstić information content (AvgIpc) is 2.40. The van der Waals surface area contributed by atoms with Gasteiger partial charge in [-0.25, -0.2) is 4.98 Å². The highest BCUT2D eigenvalue weighted by molar-refractivity contribution is 5.38. The molecule has 1 aliphatic heterocycles. The van der Waals surface area contributed by atoms with Crippen LogP contribution in [0.2, 0.25) is 0 Å². The summed E-state index contributed by atoms with van der Waals surface area (Å²) in [6.07, 6.45) is 3.34. The van der Waals surface area contributed by atoms with Crippen molar-refractivity contribution in [2.45, 2.75) is 32.5 Å². The van der Waals surface area contributed by atoms with Crippen molar-refractivity contribution in [3.8, 4) is 0 Å². The van der Waals surface area contributed by atoms with E-state index in [2.05, 4.69) is 4.98 Å². The Morgan fingerprint density at radius 3 is 3.06 bits per heavy atom. The molecule has 6 heteroatoms. The lowest BCUT2D eigenvalue weighted by Crippen LogP contribution is -2.52. The molecule has 2 unspecified atom stereocenters. The highest BCUT2D eigenvalue weighted by Gasteiger charge is 2.28. The molecule has 0 spiro atoms. The molecule has 0 bridgehead atoms. The molecule has 1 aromatic rings. The Kier molecular flexibility index (Phi) is 3.98. The molecule has 0 aromatic carbocycles. The van der Waals surface area contributed by atoms with Gasteiger partial charge in [-0.3, -0.25) is 4.79 Å². The Morgan fingerprint density at radius 2 is 2.39 bits per heavy atom.